The van der Waals surface area contributed by atoms with Crippen LogP contribution in [0.15, 0.2) is 12.3 Å². The van der Waals surface area contributed by atoms with Crippen molar-refractivity contribution >= 4 is 34.6 Å². The molecule has 3 rings (SSSR count). The quantitative estimate of drug-likeness (QED) is 0.239. The van der Waals surface area contributed by atoms with Crippen LogP contribution in [0.4, 0.5) is 10.6 Å². The van der Waals surface area contributed by atoms with Crippen molar-refractivity contribution in [3.8, 4) is 12.3 Å². The summed E-state index contributed by atoms with van der Waals surface area (Å²) in [6, 6.07) is 1.80. The predicted octanol–water partition coefficient (Wildman–Crippen LogP) is 4.86. The van der Waals surface area contributed by atoms with Gasteiger partial charge in [-0.15, -0.1) is 6.42 Å². The number of rotatable bonds is 10. The van der Waals surface area contributed by atoms with Gasteiger partial charge in [-0.1, -0.05) is 44.9 Å². The molecular weight excluding hydrogens is 420 g/mol. The standard InChI is InChI=1S/C22H29ClN4O4/c1-3-5-6-7-8-9-14-29-21(28)30-15-22(4-2)12-10-17(31-22)27-13-11-16-18(24)25-20(23)26-19(16)27/h2,11,13,17H,3,5-10,12,14-15H2,1H3,(H2,24,25,26)/t17-,22+/m1/s1. The average Bonchev–Trinajstić information content (AvgIpc) is 3.36. The fourth-order valence-corrected chi connectivity index (χ4v) is 3.87. The van der Waals surface area contributed by atoms with Crippen molar-refractivity contribution in [2.75, 3.05) is 18.9 Å². The molecule has 2 atom stereocenters. The maximum atomic E-state index is 11.9. The van der Waals surface area contributed by atoms with Gasteiger partial charge >= 0.3 is 6.16 Å². The molecule has 8 nitrogen and oxygen atoms in total. The van der Waals surface area contributed by atoms with E-state index in [2.05, 4.69) is 22.8 Å². The third-order valence-electron chi connectivity index (χ3n) is 5.45. The molecule has 168 valence electrons. The highest BCUT2D eigenvalue weighted by Gasteiger charge is 2.41. The molecule has 0 bridgehead atoms. The number of aromatic nitrogens is 3. The molecule has 1 fully saturated rings. The van der Waals surface area contributed by atoms with Crippen LogP contribution in [0, 0.1) is 12.3 Å². The minimum atomic E-state index is -1.02. The minimum Gasteiger partial charge on any atom is -0.434 e. The molecule has 0 aromatic carbocycles. The number of anilines is 1. The summed E-state index contributed by atoms with van der Waals surface area (Å²) in [5, 5.41) is 0.739. The second-order valence-corrected chi connectivity index (χ2v) is 8.08. The number of ether oxygens (including phenoxy) is 3. The fraction of sp³-hybridized carbons (Fsp3) is 0.591. The van der Waals surface area contributed by atoms with Crippen LogP contribution in [0.5, 0.6) is 0 Å². The van der Waals surface area contributed by atoms with E-state index in [1.807, 2.05) is 4.57 Å². The lowest BCUT2D eigenvalue weighted by Crippen LogP contribution is -2.34. The van der Waals surface area contributed by atoms with Gasteiger partial charge in [0.25, 0.3) is 0 Å². The lowest BCUT2D eigenvalue weighted by Gasteiger charge is -2.23. The van der Waals surface area contributed by atoms with Gasteiger partial charge in [-0.25, -0.2) is 9.78 Å². The van der Waals surface area contributed by atoms with Crippen molar-refractivity contribution in [1.82, 2.24) is 14.5 Å². The topological polar surface area (TPSA) is 101 Å². The Morgan fingerprint density at radius 1 is 1.35 bits per heavy atom. The normalized spacial score (nSPS) is 20.6. The molecular formula is C22H29ClN4O4. The lowest BCUT2D eigenvalue weighted by molar-refractivity contribution is -0.0730. The number of carbonyl (C=O) groups is 1. The highest BCUT2D eigenvalue weighted by atomic mass is 35.5. The van der Waals surface area contributed by atoms with E-state index in [0.29, 0.717) is 36.3 Å². The van der Waals surface area contributed by atoms with Crippen LogP contribution in [0.2, 0.25) is 5.28 Å². The van der Waals surface area contributed by atoms with Crippen LogP contribution in [-0.2, 0) is 14.2 Å². The SMILES string of the molecule is C#C[C@@]1(COC(=O)OCCCCCCCC)CC[C@H](n2ccc3c(N)nc(Cl)nc32)O1. The minimum absolute atomic E-state index is 0.0580. The Balaban J connectivity index is 1.50. The first kappa shape index (κ1) is 23.2. The van der Waals surface area contributed by atoms with E-state index in [1.165, 1.54) is 19.3 Å². The van der Waals surface area contributed by atoms with Gasteiger partial charge < -0.3 is 24.5 Å². The predicted molar refractivity (Wildman–Crippen MR) is 119 cm³/mol. The molecule has 0 radical (unpaired) electrons. The second kappa shape index (κ2) is 10.7. The van der Waals surface area contributed by atoms with Crippen LogP contribution >= 0.6 is 11.6 Å². The average molecular weight is 449 g/mol. The number of unbranched alkanes of at least 4 members (excludes halogenated alkanes) is 5. The first-order chi connectivity index (χ1) is 15.0. The zero-order valence-corrected chi connectivity index (χ0v) is 18.6. The highest BCUT2D eigenvalue weighted by Crippen LogP contribution is 2.38. The van der Waals surface area contributed by atoms with Gasteiger partial charge in [0.15, 0.2) is 5.60 Å². The molecule has 1 saturated heterocycles. The van der Waals surface area contributed by atoms with Crippen molar-refractivity contribution in [3.63, 3.8) is 0 Å². The molecule has 0 unspecified atom stereocenters. The number of fused-ring (bicyclic) bond motifs is 1. The van der Waals surface area contributed by atoms with E-state index < -0.39 is 11.8 Å². The molecule has 0 spiro atoms. The van der Waals surface area contributed by atoms with Crippen molar-refractivity contribution in [3.05, 3.63) is 17.5 Å². The van der Waals surface area contributed by atoms with Gasteiger partial charge in [0, 0.05) is 6.20 Å². The van der Waals surface area contributed by atoms with Crippen LogP contribution in [0.1, 0.15) is 64.5 Å². The number of nitrogens with zero attached hydrogens (tertiary/aromatic N) is 3. The third kappa shape index (κ3) is 5.81. The number of hydrogen-bond acceptors (Lipinski definition) is 7. The maximum Gasteiger partial charge on any atom is 0.508 e. The van der Waals surface area contributed by atoms with Crippen molar-refractivity contribution in [2.24, 2.45) is 0 Å². The van der Waals surface area contributed by atoms with E-state index in [-0.39, 0.29) is 18.1 Å². The molecule has 9 heteroatoms. The molecule has 1 aliphatic rings. The van der Waals surface area contributed by atoms with Crippen LogP contribution in [0.3, 0.4) is 0 Å². The van der Waals surface area contributed by atoms with Gasteiger partial charge in [-0.05, 0) is 36.9 Å². The molecule has 31 heavy (non-hydrogen) atoms. The van der Waals surface area contributed by atoms with Crippen LogP contribution in [-0.4, -0.2) is 39.5 Å². The summed E-state index contributed by atoms with van der Waals surface area (Å²) in [6.45, 7) is 2.44. The number of terminal acetylenes is 1. The summed E-state index contributed by atoms with van der Waals surface area (Å²) >= 11 is 5.95. The smallest absolute Gasteiger partial charge is 0.434 e. The van der Waals surface area contributed by atoms with E-state index >= 15 is 0 Å². The molecule has 2 aromatic rings. The van der Waals surface area contributed by atoms with Gasteiger partial charge in [0.1, 0.15) is 24.3 Å². The Kier molecular flexibility index (Phi) is 7.99. The zero-order chi connectivity index (χ0) is 22.3. The van der Waals surface area contributed by atoms with Crippen molar-refractivity contribution in [2.45, 2.75) is 70.1 Å². The maximum absolute atomic E-state index is 11.9. The van der Waals surface area contributed by atoms with Gasteiger partial charge in [0.05, 0.1) is 12.0 Å². The summed E-state index contributed by atoms with van der Waals surface area (Å²) in [7, 11) is 0. The lowest BCUT2D eigenvalue weighted by atomic mass is 10.0. The van der Waals surface area contributed by atoms with Crippen LogP contribution in [0.25, 0.3) is 11.0 Å². The number of halogens is 1. The second-order valence-electron chi connectivity index (χ2n) is 7.74. The first-order valence-electron chi connectivity index (χ1n) is 10.7. The fourth-order valence-electron chi connectivity index (χ4n) is 3.70. The number of nitrogens with two attached hydrogens (primary N) is 1. The molecule has 2 N–H and O–H groups in total. The van der Waals surface area contributed by atoms with E-state index in [9.17, 15) is 4.79 Å². The summed E-state index contributed by atoms with van der Waals surface area (Å²) in [5.41, 5.74) is 5.46. The van der Waals surface area contributed by atoms with E-state index in [1.54, 1.807) is 12.3 Å². The zero-order valence-electron chi connectivity index (χ0n) is 17.8. The van der Waals surface area contributed by atoms with Gasteiger partial charge in [-0.3, -0.25) is 0 Å². The molecule has 2 aromatic heterocycles. The molecule has 1 aliphatic heterocycles. The number of carbonyl (C=O) groups excluding carboxylic acids is 1. The Labute approximate surface area is 187 Å². The van der Waals surface area contributed by atoms with Crippen molar-refractivity contribution in [1.29, 1.82) is 0 Å². The van der Waals surface area contributed by atoms with E-state index in [0.717, 1.165) is 19.3 Å². The molecule has 0 amide bonds. The highest BCUT2D eigenvalue weighted by molar-refractivity contribution is 6.28. The number of hydrogen-bond donors (Lipinski definition) is 1. The molecule has 0 saturated carbocycles. The Bertz CT molecular complexity index is 941. The van der Waals surface area contributed by atoms with Gasteiger partial charge in [0.2, 0.25) is 5.28 Å². The van der Waals surface area contributed by atoms with E-state index in [4.69, 9.17) is 38.0 Å². The summed E-state index contributed by atoms with van der Waals surface area (Å²) < 4.78 is 18.3. The molecule has 3 heterocycles. The number of nitrogen functional groups attached to an aromatic ring is 1. The van der Waals surface area contributed by atoms with Gasteiger partial charge in [-0.2, -0.15) is 4.98 Å². The Morgan fingerprint density at radius 2 is 2.13 bits per heavy atom. The molecule has 0 aliphatic carbocycles. The monoisotopic (exact) mass is 448 g/mol. The third-order valence-corrected chi connectivity index (χ3v) is 5.61. The first-order valence-corrected chi connectivity index (χ1v) is 11.1. The van der Waals surface area contributed by atoms with Crippen LogP contribution < -0.4 is 5.73 Å². The summed E-state index contributed by atoms with van der Waals surface area (Å²) in [6.07, 6.45) is 14.2. The van der Waals surface area contributed by atoms with Crippen molar-refractivity contribution < 1.29 is 19.0 Å². The summed E-state index contributed by atoms with van der Waals surface area (Å²) in [5.74, 6) is 2.94. The largest absolute Gasteiger partial charge is 0.508 e. The summed E-state index contributed by atoms with van der Waals surface area (Å²) in [4.78, 5) is 20.1. The Hall–Kier alpha value is -2.50. The Morgan fingerprint density at radius 3 is 2.90 bits per heavy atom.